The highest BCUT2D eigenvalue weighted by Crippen LogP contribution is 2.64. The Kier molecular flexibility index (Phi) is 9.10. The van der Waals surface area contributed by atoms with Gasteiger partial charge in [-0.25, -0.2) is 0 Å². The molecule has 14 rings (SSSR count). The highest BCUT2D eigenvalue weighted by molar-refractivity contribution is 6.27. The molecule has 0 fully saturated rings. The first-order chi connectivity index (χ1) is 34.8. The van der Waals surface area contributed by atoms with Crippen LogP contribution in [-0.2, 0) is 5.41 Å². The molecule has 12 aromatic rings. The van der Waals surface area contributed by atoms with Crippen molar-refractivity contribution in [2.24, 2.45) is 0 Å². The lowest BCUT2D eigenvalue weighted by atomic mass is 9.65. The number of anilines is 6. The predicted octanol–water partition coefficient (Wildman–Crippen LogP) is 18.8. The highest BCUT2D eigenvalue weighted by Gasteiger charge is 2.51. The van der Waals surface area contributed by atoms with E-state index in [1.807, 2.05) is 0 Å². The van der Waals surface area contributed by atoms with Crippen LogP contribution in [0.25, 0.3) is 65.7 Å². The fourth-order valence-electron chi connectivity index (χ4n) is 12.4. The van der Waals surface area contributed by atoms with Crippen molar-refractivity contribution in [1.82, 2.24) is 0 Å². The zero-order valence-corrected chi connectivity index (χ0v) is 40.3. The molecule has 2 aliphatic rings. The molecule has 0 aromatic heterocycles. The van der Waals surface area contributed by atoms with E-state index in [0.29, 0.717) is 0 Å². The van der Waals surface area contributed by atoms with Crippen LogP contribution in [0.2, 0.25) is 0 Å². The van der Waals surface area contributed by atoms with Gasteiger partial charge in [0.15, 0.2) is 0 Å². The first-order valence-corrected chi connectivity index (χ1v) is 24.9. The lowest BCUT2D eigenvalue weighted by Crippen LogP contribution is -2.30. The molecule has 0 saturated carbocycles. The Balaban J connectivity index is 1.16. The van der Waals surface area contributed by atoms with Crippen molar-refractivity contribution in [1.29, 1.82) is 0 Å². The molecule has 0 aliphatic heterocycles. The van der Waals surface area contributed by atoms with E-state index >= 15 is 0 Å². The second-order valence-corrected chi connectivity index (χ2v) is 20.0. The monoisotopic (exact) mass is 906 g/mol. The van der Waals surface area contributed by atoms with E-state index in [1.165, 1.54) is 110 Å². The summed E-state index contributed by atoms with van der Waals surface area (Å²) < 4.78 is 0. The van der Waals surface area contributed by atoms with Crippen molar-refractivity contribution in [3.05, 3.63) is 275 Å². The number of benzene rings is 12. The number of hydrogen-bond donors (Lipinski definition) is 0. The Morgan fingerprint density at radius 1 is 0.268 bits per heavy atom. The van der Waals surface area contributed by atoms with Crippen LogP contribution >= 0.6 is 0 Å². The predicted molar refractivity (Wildman–Crippen MR) is 300 cm³/mol. The van der Waals surface area contributed by atoms with Gasteiger partial charge in [-0.2, -0.15) is 0 Å². The third kappa shape index (κ3) is 6.14. The van der Waals surface area contributed by atoms with Gasteiger partial charge in [-0.3, -0.25) is 0 Å². The van der Waals surface area contributed by atoms with Gasteiger partial charge in [0.2, 0.25) is 0 Å². The Bertz CT molecular complexity index is 3800. The third-order valence-corrected chi connectivity index (χ3v) is 15.7. The summed E-state index contributed by atoms with van der Waals surface area (Å²) in [6.07, 6.45) is 0. The molecule has 0 unspecified atom stereocenters. The Morgan fingerprint density at radius 3 is 1.15 bits per heavy atom. The maximum absolute atomic E-state index is 2.57. The van der Waals surface area contributed by atoms with Gasteiger partial charge < -0.3 is 9.80 Å². The molecule has 0 N–H and O–H groups in total. The molecule has 0 heterocycles. The van der Waals surface area contributed by atoms with Gasteiger partial charge in [0, 0.05) is 34.1 Å². The minimum atomic E-state index is -0.773. The number of fused-ring (bicyclic) bond motifs is 13. The summed E-state index contributed by atoms with van der Waals surface area (Å²) in [5.74, 6) is 0. The fourth-order valence-corrected chi connectivity index (χ4v) is 12.4. The Morgan fingerprint density at radius 2 is 0.676 bits per heavy atom. The van der Waals surface area contributed by atoms with E-state index in [4.69, 9.17) is 0 Å². The van der Waals surface area contributed by atoms with Gasteiger partial charge in [0.05, 0.1) is 5.41 Å². The summed E-state index contributed by atoms with van der Waals surface area (Å²) in [7, 11) is 0. The number of rotatable bonds is 6. The van der Waals surface area contributed by atoms with E-state index in [2.05, 4.69) is 268 Å². The lowest BCUT2D eigenvalue weighted by Gasteiger charge is -2.37. The van der Waals surface area contributed by atoms with E-state index in [9.17, 15) is 0 Å². The quantitative estimate of drug-likeness (QED) is 0.153. The van der Waals surface area contributed by atoms with E-state index in [-0.39, 0.29) is 0 Å². The summed E-state index contributed by atoms with van der Waals surface area (Å²) in [5.41, 5.74) is 23.5. The van der Waals surface area contributed by atoms with Crippen molar-refractivity contribution in [3.63, 3.8) is 0 Å². The number of nitrogens with zero attached hydrogens (tertiary/aromatic N) is 2. The molecular formula is C69H50N2. The van der Waals surface area contributed by atoms with Gasteiger partial charge in [-0.15, -0.1) is 0 Å². The van der Waals surface area contributed by atoms with E-state index < -0.39 is 5.41 Å². The van der Waals surface area contributed by atoms with Crippen LogP contribution in [0.1, 0.15) is 44.5 Å². The van der Waals surface area contributed by atoms with Crippen molar-refractivity contribution in [2.45, 2.75) is 33.1 Å². The van der Waals surface area contributed by atoms with E-state index in [0.717, 1.165) is 34.1 Å². The summed E-state index contributed by atoms with van der Waals surface area (Å²) in [5, 5.41) is 7.77. The van der Waals surface area contributed by atoms with Crippen LogP contribution in [0.3, 0.4) is 0 Å². The summed E-state index contributed by atoms with van der Waals surface area (Å²) in [6.45, 7) is 8.66. The standard InChI is InChI=1S/C69H50N2/c1-43-16-27-50(28-17-43)70(51-29-18-44(2)19-30-51)54-35-38-58-56-12-5-6-13-57(56)59-39-36-55(71(52-31-20-45(3)21-32-52)53-33-22-46(4)23-34-53)42-64(59)69(63(58)41-54)62-15-8-7-14-60(62)68-61-37-26-48-11-9-10-47-24-25-49(40-65(68)69)67(61)66(47)48/h5-42H,1-4H3. The molecule has 1 spiro atoms. The van der Waals surface area contributed by atoms with Crippen LogP contribution < -0.4 is 9.80 Å². The van der Waals surface area contributed by atoms with Crippen LogP contribution in [-0.4, -0.2) is 0 Å². The smallest absolute Gasteiger partial charge is 0.0727 e. The largest absolute Gasteiger partial charge is 0.310 e. The molecule has 2 heteroatoms. The average molecular weight is 907 g/mol. The average Bonchev–Trinajstić information content (AvgIpc) is 3.65. The van der Waals surface area contributed by atoms with Gasteiger partial charge in [-0.1, -0.05) is 174 Å². The molecular weight excluding hydrogens is 857 g/mol. The van der Waals surface area contributed by atoms with Gasteiger partial charge in [-0.05, 0) is 195 Å². The topological polar surface area (TPSA) is 6.48 Å². The maximum atomic E-state index is 2.57. The maximum Gasteiger partial charge on any atom is 0.0727 e. The summed E-state index contributed by atoms with van der Waals surface area (Å²) >= 11 is 0. The molecule has 0 radical (unpaired) electrons. The van der Waals surface area contributed by atoms with Crippen molar-refractivity contribution in [3.8, 4) is 33.4 Å². The summed E-state index contributed by atoms with van der Waals surface area (Å²) in [4.78, 5) is 4.89. The number of hydrogen-bond acceptors (Lipinski definition) is 2. The molecule has 336 valence electrons. The highest BCUT2D eigenvalue weighted by atomic mass is 15.1. The van der Waals surface area contributed by atoms with Crippen LogP contribution in [0.5, 0.6) is 0 Å². The van der Waals surface area contributed by atoms with Gasteiger partial charge >= 0.3 is 0 Å². The zero-order valence-electron chi connectivity index (χ0n) is 40.3. The second-order valence-electron chi connectivity index (χ2n) is 20.0. The minimum absolute atomic E-state index is 0.773. The van der Waals surface area contributed by atoms with Gasteiger partial charge in [0.25, 0.3) is 0 Å². The fraction of sp³-hybridized carbons (Fsp3) is 0.0725. The summed E-state index contributed by atoms with van der Waals surface area (Å²) in [6, 6.07) is 87.8. The Hall–Kier alpha value is -8.72. The van der Waals surface area contributed by atoms with Crippen molar-refractivity contribution < 1.29 is 0 Å². The molecule has 12 aromatic carbocycles. The SMILES string of the molecule is Cc1ccc(N(c2ccc(C)cc2)c2ccc3c(c2)C2(c4cc(N(c5ccc(C)cc5)c5ccc(C)cc5)ccc4-c4ccccc4-3)c3ccccc3-c3c2cc2ccc4cccc5ccc3c2c45)cc1. The number of aryl methyl sites for hydroxylation is 4. The normalized spacial score (nSPS) is 12.9. The first-order valence-electron chi connectivity index (χ1n) is 24.9. The van der Waals surface area contributed by atoms with Crippen LogP contribution in [0.4, 0.5) is 34.1 Å². The van der Waals surface area contributed by atoms with Crippen LogP contribution in [0.15, 0.2) is 231 Å². The van der Waals surface area contributed by atoms with Gasteiger partial charge in [0.1, 0.15) is 0 Å². The minimum Gasteiger partial charge on any atom is -0.310 e. The third-order valence-electron chi connectivity index (χ3n) is 15.7. The first kappa shape index (κ1) is 41.3. The molecule has 0 amide bonds. The van der Waals surface area contributed by atoms with Crippen molar-refractivity contribution in [2.75, 3.05) is 9.80 Å². The molecule has 0 atom stereocenters. The molecule has 0 saturated heterocycles. The van der Waals surface area contributed by atoms with Crippen LogP contribution in [0, 0.1) is 27.7 Å². The zero-order chi connectivity index (χ0) is 47.5. The van der Waals surface area contributed by atoms with E-state index in [1.54, 1.807) is 0 Å². The molecule has 71 heavy (non-hydrogen) atoms. The Labute approximate surface area is 415 Å². The molecule has 2 aliphatic carbocycles. The molecule has 2 nitrogen and oxygen atoms in total. The van der Waals surface area contributed by atoms with Crippen molar-refractivity contribution >= 4 is 66.4 Å². The lowest BCUT2D eigenvalue weighted by molar-refractivity contribution is 0.776. The molecule has 0 bridgehead atoms. The second kappa shape index (κ2) is 15.7.